The van der Waals surface area contributed by atoms with Crippen LogP contribution in [0.4, 0.5) is 0 Å². The van der Waals surface area contributed by atoms with Crippen molar-refractivity contribution in [3.8, 4) is 5.75 Å². The van der Waals surface area contributed by atoms with Crippen LogP contribution in [-0.4, -0.2) is 73.2 Å². The number of nitrogens with one attached hydrogen (secondary N) is 1. The van der Waals surface area contributed by atoms with Crippen LogP contribution in [0.3, 0.4) is 0 Å². The first-order valence-electron chi connectivity index (χ1n) is 10.8. The minimum atomic E-state index is -0.230. The zero-order chi connectivity index (χ0) is 20.6. The van der Waals surface area contributed by atoms with Crippen molar-refractivity contribution >= 4 is 35.8 Å². The Morgan fingerprint density at radius 2 is 1.87 bits per heavy atom. The van der Waals surface area contributed by atoms with Gasteiger partial charge in [0.25, 0.3) is 5.91 Å². The minimum absolute atomic E-state index is 0. The highest BCUT2D eigenvalue weighted by atomic mass is 127. The van der Waals surface area contributed by atoms with E-state index in [0.29, 0.717) is 26.2 Å². The van der Waals surface area contributed by atoms with Gasteiger partial charge >= 0.3 is 0 Å². The average Bonchev–Trinajstić information content (AvgIpc) is 3.26. The summed E-state index contributed by atoms with van der Waals surface area (Å²) in [6, 6.07) is 8.10. The molecule has 0 aromatic heterocycles. The lowest BCUT2D eigenvalue weighted by Gasteiger charge is -2.37. The van der Waals surface area contributed by atoms with Gasteiger partial charge in [-0.15, -0.1) is 24.0 Å². The number of ether oxygens (including phenoxy) is 2. The predicted octanol–water partition coefficient (Wildman–Crippen LogP) is 2.88. The largest absolute Gasteiger partial charge is 0.491 e. The summed E-state index contributed by atoms with van der Waals surface area (Å²) in [6.07, 6.45) is 1.78. The van der Waals surface area contributed by atoms with Gasteiger partial charge in [-0.1, -0.05) is 12.1 Å². The van der Waals surface area contributed by atoms with Gasteiger partial charge in [0.2, 0.25) is 0 Å². The van der Waals surface area contributed by atoms with Gasteiger partial charge < -0.3 is 24.6 Å². The van der Waals surface area contributed by atoms with E-state index in [1.807, 2.05) is 30.9 Å². The molecule has 3 rings (SSSR count). The first-order chi connectivity index (χ1) is 14.1. The molecule has 1 atom stereocenters. The lowest BCUT2D eigenvalue weighted by atomic mass is 10.2. The van der Waals surface area contributed by atoms with E-state index < -0.39 is 0 Å². The first kappa shape index (κ1) is 24.7. The highest BCUT2D eigenvalue weighted by Crippen LogP contribution is 2.17. The molecule has 1 unspecified atom stereocenters. The Bertz CT molecular complexity index is 682. The van der Waals surface area contributed by atoms with Gasteiger partial charge in [0.05, 0.1) is 12.6 Å². The van der Waals surface area contributed by atoms with Gasteiger partial charge in [0, 0.05) is 39.3 Å². The molecule has 2 heterocycles. The number of guanidine groups is 1. The van der Waals surface area contributed by atoms with Crippen LogP contribution in [0, 0.1) is 0 Å². The molecular formula is C22H35IN4O3. The molecule has 1 aromatic rings. The summed E-state index contributed by atoms with van der Waals surface area (Å²) in [7, 11) is 0. The highest BCUT2D eigenvalue weighted by molar-refractivity contribution is 14.0. The fraction of sp³-hybridized carbons (Fsp3) is 0.636. The zero-order valence-electron chi connectivity index (χ0n) is 18.3. The number of hydrogen-bond acceptors (Lipinski definition) is 4. The second-order valence-corrected chi connectivity index (χ2v) is 7.79. The molecule has 0 aliphatic carbocycles. The summed E-state index contributed by atoms with van der Waals surface area (Å²) < 4.78 is 11.2. The van der Waals surface area contributed by atoms with Crippen molar-refractivity contribution in [3.63, 3.8) is 0 Å². The Morgan fingerprint density at radius 1 is 1.20 bits per heavy atom. The van der Waals surface area contributed by atoms with E-state index in [9.17, 15) is 4.79 Å². The number of rotatable bonds is 6. The van der Waals surface area contributed by atoms with Crippen LogP contribution in [0.15, 0.2) is 29.3 Å². The molecule has 7 nitrogen and oxygen atoms in total. The van der Waals surface area contributed by atoms with Crippen LogP contribution in [0.25, 0.3) is 0 Å². The van der Waals surface area contributed by atoms with E-state index in [4.69, 9.17) is 14.5 Å². The number of hydrogen-bond donors (Lipinski definition) is 1. The Hall–Kier alpha value is -1.55. The van der Waals surface area contributed by atoms with E-state index in [1.54, 1.807) is 0 Å². The number of benzene rings is 1. The molecule has 168 valence electrons. The van der Waals surface area contributed by atoms with Crippen molar-refractivity contribution in [3.05, 3.63) is 29.8 Å². The van der Waals surface area contributed by atoms with Gasteiger partial charge in [0.1, 0.15) is 11.9 Å². The molecule has 2 saturated heterocycles. The molecule has 1 N–H and O–H groups in total. The average molecular weight is 530 g/mol. The summed E-state index contributed by atoms with van der Waals surface area (Å²) in [6.45, 7) is 11.2. The quantitative estimate of drug-likeness (QED) is 0.348. The maximum Gasteiger partial charge on any atom is 0.251 e. The van der Waals surface area contributed by atoms with Gasteiger partial charge in [0.15, 0.2) is 5.96 Å². The van der Waals surface area contributed by atoms with Crippen LogP contribution in [0.2, 0.25) is 0 Å². The monoisotopic (exact) mass is 530 g/mol. The van der Waals surface area contributed by atoms with Crippen molar-refractivity contribution in [2.75, 3.05) is 39.3 Å². The lowest BCUT2D eigenvalue weighted by molar-refractivity contribution is -0.142. The summed E-state index contributed by atoms with van der Waals surface area (Å²) in [5.41, 5.74) is 1.14. The number of amides is 1. The molecule has 0 radical (unpaired) electrons. The topological polar surface area (TPSA) is 66.4 Å². The van der Waals surface area contributed by atoms with E-state index in [0.717, 1.165) is 49.7 Å². The SMILES string of the molecule is CCNC(=NCc1ccc(OC(C)C)cc1)N1CCN(C(=O)C2CCCO2)CC1.I. The third-order valence-corrected chi connectivity index (χ3v) is 5.14. The smallest absolute Gasteiger partial charge is 0.251 e. The third-order valence-electron chi connectivity index (χ3n) is 5.14. The van der Waals surface area contributed by atoms with Gasteiger partial charge in [-0.05, 0) is 51.3 Å². The Morgan fingerprint density at radius 3 is 2.43 bits per heavy atom. The molecule has 30 heavy (non-hydrogen) atoms. The van der Waals surface area contributed by atoms with Crippen molar-refractivity contribution < 1.29 is 14.3 Å². The molecule has 0 saturated carbocycles. The van der Waals surface area contributed by atoms with Crippen LogP contribution in [0.5, 0.6) is 5.75 Å². The molecule has 8 heteroatoms. The molecule has 2 fully saturated rings. The molecule has 2 aliphatic heterocycles. The van der Waals surface area contributed by atoms with E-state index in [-0.39, 0.29) is 42.1 Å². The van der Waals surface area contributed by atoms with Gasteiger partial charge in [-0.25, -0.2) is 4.99 Å². The maximum atomic E-state index is 12.5. The molecule has 1 aromatic carbocycles. The second-order valence-electron chi connectivity index (χ2n) is 7.79. The highest BCUT2D eigenvalue weighted by Gasteiger charge is 2.30. The number of nitrogens with zero attached hydrogens (tertiary/aromatic N) is 3. The van der Waals surface area contributed by atoms with E-state index >= 15 is 0 Å². The second kappa shape index (κ2) is 12.3. The molecule has 0 bridgehead atoms. The van der Waals surface area contributed by atoms with Crippen LogP contribution >= 0.6 is 24.0 Å². The number of piperazine rings is 1. The molecule has 1 amide bonds. The Labute approximate surface area is 197 Å². The van der Waals surface area contributed by atoms with Crippen molar-refractivity contribution in [2.24, 2.45) is 4.99 Å². The maximum absolute atomic E-state index is 12.5. The molecular weight excluding hydrogens is 495 g/mol. The van der Waals surface area contributed by atoms with Crippen molar-refractivity contribution in [1.82, 2.24) is 15.1 Å². The predicted molar refractivity (Wildman–Crippen MR) is 130 cm³/mol. The fourth-order valence-electron chi connectivity index (χ4n) is 3.65. The molecule has 0 spiro atoms. The van der Waals surface area contributed by atoms with Gasteiger partial charge in [-0.2, -0.15) is 0 Å². The number of halogens is 1. The van der Waals surface area contributed by atoms with Crippen LogP contribution in [0.1, 0.15) is 39.2 Å². The van der Waals surface area contributed by atoms with Crippen molar-refractivity contribution in [2.45, 2.75) is 52.4 Å². The minimum Gasteiger partial charge on any atom is -0.491 e. The lowest BCUT2D eigenvalue weighted by Crippen LogP contribution is -2.55. The van der Waals surface area contributed by atoms with Crippen LogP contribution in [-0.2, 0) is 16.1 Å². The summed E-state index contributed by atoms with van der Waals surface area (Å²) in [5, 5.41) is 3.38. The first-order valence-corrected chi connectivity index (χ1v) is 10.8. The number of carbonyl (C=O) groups is 1. The zero-order valence-corrected chi connectivity index (χ0v) is 20.6. The van der Waals surface area contributed by atoms with E-state index in [1.165, 1.54) is 0 Å². The third kappa shape index (κ3) is 7.01. The van der Waals surface area contributed by atoms with Crippen molar-refractivity contribution in [1.29, 1.82) is 0 Å². The summed E-state index contributed by atoms with van der Waals surface area (Å²) in [5.74, 6) is 1.93. The number of carbonyl (C=O) groups excluding carboxylic acids is 1. The number of aliphatic imine (C=N–C) groups is 1. The Balaban J connectivity index is 0.00000320. The summed E-state index contributed by atoms with van der Waals surface area (Å²) >= 11 is 0. The fourth-order valence-corrected chi connectivity index (χ4v) is 3.65. The normalized spacial score (nSPS) is 19.6. The van der Waals surface area contributed by atoms with Gasteiger partial charge in [-0.3, -0.25) is 4.79 Å². The summed E-state index contributed by atoms with van der Waals surface area (Å²) in [4.78, 5) is 21.5. The Kier molecular flexibility index (Phi) is 10.2. The molecule has 2 aliphatic rings. The standard InChI is InChI=1S/C22H34N4O3.HI/c1-4-23-22(24-16-18-7-9-19(10-8-18)29-17(2)3)26-13-11-25(12-14-26)21(27)20-6-5-15-28-20;/h7-10,17,20H,4-6,11-16H2,1-3H3,(H,23,24);1H. The van der Waals surface area contributed by atoms with E-state index in [2.05, 4.69) is 29.3 Å². The van der Waals surface area contributed by atoms with Crippen LogP contribution < -0.4 is 10.1 Å².